The van der Waals surface area contributed by atoms with Gasteiger partial charge in [0.25, 0.3) is 11.8 Å². The third-order valence-electron chi connectivity index (χ3n) is 4.25. The van der Waals surface area contributed by atoms with Crippen molar-refractivity contribution < 1.29 is 22.8 Å². The van der Waals surface area contributed by atoms with Crippen molar-refractivity contribution in [2.45, 2.75) is 18.6 Å². The van der Waals surface area contributed by atoms with Crippen molar-refractivity contribution in [1.29, 1.82) is 0 Å². The van der Waals surface area contributed by atoms with Gasteiger partial charge in [0.05, 0.1) is 12.2 Å². The maximum Gasteiger partial charge on any atom is 0.263 e. The Morgan fingerprint density at radius 3 is 2.50 bits per heavy atom. The summed E-state index contributed by atoms with van der Waals surface area (Å²) in [6.07, 6.45) is 0. The fourth-order valence-corrected chi connectivity index (χ4v) is 3.05. The third kappa shape index (κ3) is 2.52. The summed E-state index contributed by atoms with van der Waals surface area (Å²) in [7, 11) is 0. The lowest BCUT2D eigenvalue weighted by Gasteiger charge is -2.20. The number of nitrogens with zero attached hydrogens (tertiary/aromatic N) is 4. The Hall–Kier alpha value is -3.23. The summed E-state index contributed by atoms with van der Waals surface area (Å²) < 4.78 is 39.9. The van der Waals surface area contributed by atoms with E-state index in [4.69, 9.17) is 0 Å². The van der Waals surface area contributed by atoms with Crippen LogP contribution < -0.4 is 4.90 Å². The Kier molecular flexibility index (Phi) is 3.71. The highest BCUT2D eigenvalue weighted by Crippen LogP contribution is 2.33. The highest BCUT2D eigenvalue weighted by atomic mass is 19.2. The molecule has 0 aromatic heterocycles. The van der Waals surface area contributed by atoms with Gasteiger partial charge in [-0.15, -0.1) is 0 Å². The van der Waals surface area contributed by atoms with Crippen molar-refractivity contribution in [3.8, 4) is 0 Å². The van der Waals surface area contributed by atoms with Gasteiger partial charge in [-0.25, -0.2) is 18.1 Å². The van der Waals surface area contributed by atoms with Gasteiger partial charge in [-0.2, -0.15) is 5.11 Å². The fraction of sp³-hybridized carbons (Fsp3) is 0.176. The van der Waals surface area contributed by atoms with Crippen LogP contribution in [-0.2, 0) is 16.1 Å². The Morgan fingerprint density at radius 2 is 1.77 bits per heavy atom. The van der Waals surface area contributed by atoms with E-state index < -0.39 is 41.3 Å². The van der Waals surface area contributed by atoms with Crippen molar-refractivity contribution in [1.82, 2.24) is 5.01 Å². The lowest BCUT2D eigenvalue weighted by molar-refractivity contribution is -0.123. The van der Waals surface area contributed by atoms with Gasteiger partial charge in [0.2, 0.25) is 0 Å². The predicted molar refractivity (Wildman–Crippen MR) is 83.2 cm³/mol. The van der Waals surface area contributed by atoms with Gasteiger partial charge in [0, 0.05) is 6.07 Å². The molecule has 2 heterocycles. The minimum absolute atomic E-state index is 0.0748. The van der Waals surface area contributed by atoms with E-state index in [2.05, 4.69) is 10.3 Å². The number of rotatable bonds is 3. The van der Waals surface area contributed by atoms with Crippen LogP contribution in [0.15, 0.2) is 52.8 Å². The molecule has 9 heteroatoms. The lowest BCUT2D eigenvalue weighted by Crippen LogP contribution is -2.39. The van der Waals surface area contributed by atoms with E-state index in [1.807, 2.05) is 0 Å². The van der Waals surface area contributed by atoms with E-state index >= 15 is 0 Å². The zero-order chi connectivity index (χ0) is 18.4. The Bertz CT molecular complexity index is 949. The second kappa shape index (κ2) is 5.94. The molecule has 0 saturated carbocycles. The summed E-state index contributed by atoms with van der Waals surface area (Å²) in [5.41, 5.74) is 0.477. The molecule has 0 unspecified atom stereocenters. The van der Waals surface area contributed by atoms with Gasteiger partial charge in [-0.05, 0) is 29.8 Å². The zero-order valence-electron chi connectivity index (χ0n) is 13.1. The SMILES string of the molecule is O=C1[C@@H]2N=NN(Cc3cccc(F)c3)[C@H]2C(=O)N1c1ccc(F)c(F)c1. The van der Waals surface area contributed by atoms with Gasteiger partial charge in [-0.1, -0.05) is 17.4 Å². The smallest absolute Gasteiger partial charge is 0.263 e. The molecule has 2 amide bonds. The number of benzene rings is 2. The maximum absolute atomic E-state index is 13.5. The second-order valence-corrected chi connectivity index (χ2v) is 5.93. The number of halogens is 3. The first-order valence-corrected chi connectivity index (χ1v) is 7.70. The number of hydrogen-bond acceptors (Lipinski definition) is 5. The van der Waals surface area contributed by atoms with Crippen LogP contribution >= 0.6 is 0 Å². The molecule has 4 rings (SSSR count). The fourth-order valence-electron chi connectivity index (χ4n) is 3.05. The number of anilines is 1. The normalized spacial score (nSPS) is 21.7. The van der Waals surface area contributed by atoms with Crippen LogP contribution in [0, 0.1) is 17.5 Å². The Morgan fingerprint density at radius 1 is 0.962 bits per heavy atom. The summed E-state index contributed by atoms with van der Waals surface area (Å²) >= 11 is 0. The van der Waals surface area contributed by atoms with Gasteiger partial charge in [0.1, 0.15) is 5.82 Å². The van der Waals surface area contributed by atoms with Crippen LogP contribution in [0.1, 0.15) is 5.56 Å². The van der Waals surface area contributed by atoms with E-state index in [1.54, 1.807) is 6.07 Å². The van der Waals surface area contributed by atoms with Crippen LogP contribution in [-0.4, -0.2) is 28.9 Å². The van der Waals surface area contributed by atoms with Crippen LogP contribution in [0.3, 0.4) is 0 Å². The molecule has 2 atom stereocenters. The molecule has 1 fully saturated rings. The summed E-state index contributed by atoms with van der Waals surface area (Å²) in [5.74, 6) is -4.00. The lowest BCUT2D eigenvalue weighted by atomic mass is 10.1. The Balaban J connectivity index is 1.62. The second-order valence-electron chi connectivity index (χ2n) is 5.93. The van der Waals surface area contributed by atoms with Gasteiger partial charge < -0.3 is 0 Å². The first kappa shape index (κ1) is 16.2. The average Bonchev–Trinajstić information content (AvgIpc) is 3.11. The number of amides is 2. The molecule has 0 N–H and O–H groups in total. The monoisotopic (exact) mass is 360 g/mol. The number of hydrogen-bond donors (Lipinski definition) is 0. The molecule has 132 valence electrons. The van der Waals surface area contributed by atoms with Crippen molar-refractivity contribution in [2.75, 3.05) is 4.90 Å². The number of imide groups is 1. The number of fused-ring (bicyclic) bond motifs is 1. The zero-order valence-corrected chi connectivity index (χ0v) is 13.1. The van der Waals surface area contributed by atoms with Crippen LogP contribution in [0.5, 0.6) is 0 Å². The van der Waals surface area contributed by atoms with Crippen molar-refractivity contribution in [3.05, 3.63) is 65.5 Å². The maximum atomic E-state index is 13.5. The molecular weight excluding hydrogens is 349 g/mol. The summed E-state index contributed by atoms with van der Waals surface area (Å²) in [6, 6.07) is 6.44. The molecule has 2 aliphatic rings. The first-order chi connectivity index (χ1) is 12.5. The molecule has 2 aliphatic heterocycles. The molecule has 0 bridgehead atoms. The number of carbonyl (C=O) groups is 2. The molecule has 0 spiro atoms. The summed E-state index contributed by atoms with van der Waals surface area (Å²) in [6.45, 7) is 0.0765. The van der Waals surface area contributed by atoms with E-state index in [0.29, 0.717) is 5.56 Å². The third-order valence-corrected chi connectivity index (χ3v) is 4.25. The quantitative estimate of drug-likeness (QED) is 0.791. The number of carbonyl (C=O) groups excluding carboxylic acids is 2. The van der Waals surface area contributed by atoms with Crippen LogP contribution in [0.25, 0.3) is 0 Å². The van der Waals surface area contributed by atoms with Crippen molar-refractivity contribution in [3.63, 3.8) is 0 Å². The van der Waals surface area contributed by atoms with E-state index in [1.165, 1.54) is 23.2 Å². The molecule has 1 saturated heterocycles. The summed E-state index contributed by atoms with van der Waals surface area (Å²) in [4.78, 5) is 26.0. The van der Waals surface area contributed by atoms with Gasteiger partial charge >= 0.3 is 0 Å². The van der Waals surface area contributed by atoms with Gasteiger partial charge in [0.15, 0.2) is 23.7 Å². The largest absolute Gasteiger partial charge is 0.271 e. The van der Waals surface area contributed by atoms with Crippen LogP contribution in [0.2, 0.25) is 0 Å². The van der Waals surface area contributed by atoms with E-state index in [-0.39, 0.29) is 12.2 Å². The van der Waals surface area contributed by atoms with Gasteiger partial charge in [-0.3, -0.25) is 14.6 Å². The molecule has 0 aliphatic carbocycles. The topological polar surface area (TPSA) is 65.3 Å². The van der Waals surface area contributed by atoms with E-state index in [0.717, 1.165) is 23.1 Å². The van der Waals surface area contributed by atoms with Crippen molar-refractivity contribution >= 4 is 17.5 Å². The molecule has 6 nitrogen and oxygen atoms in total. The Labute approximate surface area is 145 Å². The first-order valence-electron chi connectivity index (χ1n) is 7.70. The highest BCUT2D eigenvalue weighted by Gasteiger charge is 2.54. The highest BCUT2D eigenvalue weighted by molar-refractivity contribution is 6.25. The van der Waals surface area contributed by atoms with Crippen molar-refractivity contribution in [2.24, 2.45) is 10.3 Å². The minimum atomic E-state index is -1.17. The van der Waals surface area contributed by atoms with Crippen LogP contribution in [0.4, 0.5) is 18.9 Å². The molecular formula is C17H11F3N4O2. The standard InChI is InChI=1S/C17H11F3N4O2/c18-10-3-1-2-9(6-10)8-23-15-14(21-22-23)16(25)24(17(15)26)11-4-5-12(19)13(20)7-11/h1-7,14-15H,8H2/t14-,15-/m1/s1. The minimum Gasteiger partial charge on any atom is -0.271 e. The summed E-state index contributed by atoms with van der Waals surface area (Å²) in [5, 5.41) is 8.95. The predicted octanol–water partition coefficient (Wildman–Crippen LogP) is 2.60. The molecule has 0 radical (unpaired) electrons. The average molecular weight is 360 g/mol. The molecule has 2 aromatic rings. The molecule has 2 aromatic carbocycles. The molecule has 26 heavy (non-hydrogen) atoms. The van der Waals surface area contributed by atoms with E-state index in [9.17, 15) is 22.8 Å².